The van der Waals surface area contributed by atoms with Crippen LogP contribution in [0.4, 0.5) is 0 Å². The smallest absolute Gasteiger partial charge is 0.164 e. The molecule has 0 aliphatic heterocycles. The number of nitrogens with zero attached hydrogens (tertiary/aromatic N) is 1. The zero-order valence-electron chi connectivity index (χ0n) is 35.0. The summed E-state index contributed by atoms with van der Waals surface area (Å²) in [6.45, 7) is 25.8. The average molecular weight is 951 g/mol. The number of thiophene rings is 2. The van der Waals surface area contributed by atoms with Crippen molar-refractivity contribution in [2.24, 2.45) is 16.7 Å². The second-order valence-corrected chi connectivity index (χ2v) is 19.1. The number of hydrogen-bond acceptors (Lipinski definition) is 5. The minimum atomic E-state index is -0.337. The maximum absolute atomic E-state index is 12.2. The summed E-state index contributed by atoms with van der Waals surface area (Å²) in [4.78, 5) is 19.9. The zero-order chi connectivity index (χ0) is 39.6. The van der Waals surface area contributed by atoms with Crippen molar-refractivity contribution >= 4 is 59.4 Å². The van der Waals surface area contributed by atoms with Gasteiger partial charge in [-0.15, -0.1) is 51.8 Å². The maximum atomic E-state index is 12.2. The first-order chi connectivity index (χ1) is 25.5. The van der Waals surface area contributed by atoms with Gasteiger partial charge in [0.25, 0.3) is 0 Å². The van der Waals surface area contributed by atoms with Crippen LogP contribution in [0.25, 0.3) is 52.6 Å². The van der Waals surface area contributed by atoms with Gasteiger partial charge in [-0.2, -0.15) is 0 Å². The predicted molar refractivity (Wildman–Crippen MR) is 237 cm³/mol. The normalized spacial score (nSPS) is 12.6. The van der Waals surface area contributed by atoms with E-state index in [9.17, 15) is 9.90 Å². The summed E-state index contributed by atoms with van der Waals surface area (Å²) >= 11 is 3.83. The molecule has 0 aliphatic rings. The molecular formula is C49H60IrNO2S2-. The molecule has 0 saturated carbocycles. The third kappa shape index (κ3) is 9.36. The van der Waals surface area contributed by atoms with E-state index in [0.717, 1.165) is 48.7 Å². The summed E-state index contributed by atoms with van der Waals surface area (Å²) < 4.78 is 2.64. The van der Waals surface area contributed by atoms with E-state index < -0.39 is 0 Å². The Labute approximate surface area is 352 Å². The predicted octanol–water partition coefficient (Wildman–Crippen LogP) is 15.3. The molecule has 0 spiro atoms. The second-order valence-electron chi connectivity index (χ2n) is 16.9. The average Bonchev–Trinajstić information content (AvgIpc) is 3.73. The molecule has 3 aromatic carbocycles. The molecule has 3 heterocycles. The number of ketones is 1. The molecule has 0 atom stereocenters. The van der Waals surface area contributed by atoms with Crippen molar-refractivity contribution in [1.82, 2.24) is 4.98 Å². The van der Waals surface area contributed by atoms with Crippen LogP contribution >= 0.6 is 22.7 Å². The van der Waals surface area contributed by atoms with Gasteiger partial charge in [-0.25, -0.2) is 0 Å². The standard InChI is InChI=1S/C34H32NS2.C15H28O2.Ir/c1-20(2)16-29-21(3)25-12-9-13-27(33(25)36-29)30-19-23-14-15-35-31(32(23)37-30)24-17-22-10-7-8-11-26(22)28(18-24)34(4,5)6;1-7-14(5,8-2)12(16)11-13(17)15(6,9-3)10-4;/h7-15,18-20H,16H2,1-6H3;11,16H,7-10H2,1-6H3;/q-1;;/b;12-11-;. The number of benzene rings is 3. The Kier molecular flexibility index (Phi) is 14.6. The van der Waals surface area contributed by atoms with Crippen molar-refractivity contribution in [3.8, 4) is 21.7 Å². The molecule has 0 amide bonds. The maximum Gasteiger partial charge on any atom is 0.164 e. The molecule has 6 aromatic rings. The molecule has 0 saturated heterocycles. The largest absolute Gasteiger partial charge is 0.512 e. The fourth-order valence-electron chi connectivity index (χ4n) is 7.00. The topological polar surface area (TPSA) is 50.2 Å². The summed E-state index contributed by atoms with van der Waals surface area (Å²) in [5.41, 5.74) is 5.65. The van der Waals surface area contributed by atoms with Gasteiger partial charge in [0.1, 0.15) is 5.76 Å². The molecule has 3 nitrogen and oxygen atoms in total. The number of carbonyl (C=O) groups is 1. The van der Waals surface area contributed by atoms with Crippen LogP contribution in [0, 0.1) is 29.7 Å². The number of rotatable bonds is 11. The van der Waals surface area contributed by atoms with Crippen molar-refractivity contribution in [1.29, 1.82) is 0 Å². The molecular weight excluding hydrogens is 891 g/mol. The molecule has 6 heteroatoms. The van der Waals surface area contributed by atoms with Gasteiger partial charge < -0.3 is 5.11 Å². The third-order valence-electron chi connectivity index (χ3n) is 11.8. The van der Waals surface area contributed by atoms with Gasteiger partial charge in [-0.05, 0) is 78.8 Å². The summed E-state index contributed by atoms with van der Waals surface area (Å²) in [5.74, 6) is 0.943. The third-order valence-corrected chi connectivity index (χ3v) is 14.4. The van der Waals surface area contributed by atoms with Crippen LogP contribution in [0.5, 0.6) is 0 Å². The van der Waals surface area contributed by atoms with E-state index in [2.05, 4.69) is 108 Å². The Bertz CT molecular complexity index is 2290. The van der Waals surface area contributed by atoms with Gasteiger partial charge in [0.05, 0.1) is 0 Å². The van der Waals surface area contributed by atoms with E-state index in [1.54, 1.807) is 0 Å². The van der Waals surface area contributed by atoms with Crippen molar-refractivity contribution in [3.63, 3.8) is 0 Å². The number of aliphatic hydroxyl groups excluding tert-OH is 1. The number of carbonyl (C=O) groups excluding carboxylic acids is 1. The van der Waals surface area contributed by atoms with Gasteiger partial charge in [0, 0.05) is 73.6 Å². The summed E-state index contributed by atoms with van der Waals surface area (Å²) in [6, 6.07) is 25.9. The molecule has 0 aliphatic carbocycles. The number of allylic oxidation sites excluding steroid dienone is 2. The van der Waals surface area contributed by atoms with Crippen LogP contribution in [-0.4, -0.2) is 15.9 Å². The fraction of sp³-hybridized carbons (Fsp3) is 0.429. The van der Waals surface area contributed by atoms with Gasteiger partial charge in [-0.3, -0.25) is 9.78 Å². The first-order valence-corrected chi connectivity index (χ1v) is 21.4. The van der Waals surface area contributed by atoms with E-state index in [-0.39, 0.29) is 47.9 Å². The van der Waals surface area contributed by atoms with Crippen LogP contribution in [-0.2, 0) is 36.7 Å². The summed E-state index contributed by atoms with van der Waals surface area (Å²) in [7, 11) is 0. The number of aliphatic hydroxyl groups is 1. The quantitative estimate of drug-likeness (QED) is 0.0800. The van der Waals surface area contributed by atoms with Crippen molar-refractivity contribution in [2.45, 2.75) is 121 Å². The molecule has 1 radical (unpaired) electrons. The van der Waals surface area contributed by atoms with Gasteiger partial charge in [-0.1, -0.05) is 124 Å². The SMILES string of the molecule is CCC(C)(CC)C(=O)/C=C(\O)C(C)(CC)CC.Cc1c(CC(C)C)sc2c(-c3cc4ccnc(-c5[c-]c6ccccc6c(C(C)(C)C)c5)c4s3)cccc12.[Ir]. The van der Waals surface area contributed by atoms with Gasteiger partial charge in [0.15, 0.2) is 5.78 Å². The van der Waals surface area contributed by atoms with Crippen LogP contribution in [0.2, 0.25) is 0 Å². The van der Waals surface area contributed by atoms with Crippen LogP contribution in [0.15, 0.2) is 78.7 Å². The number of fused-ring (bicyclic) bond motifs is 3. The molecule has 295 valence electrons. The Balaban J connectivity index is 0.000000320. The van der Waals surface area contributed by atoms with Crippen LogP contribution < -0.4 is 0 Å². The fourth-order valence-corrected chi connectivity index (χ4v) is 9.80. The molecule has 6 rings (SSSR count). The van der Waals surface area contributed by atoms with E-state index in [1.807, 2.05) is 70.4 Å². The van der Waals surface area contributed by atoms with E-state index in [1.165, 1.54) is 58.1 Å². The molecule has 3 aromatic heterocycles. The Morgan fingerprint density at radius 1 is 0.836 bits per heavy atom. The number of aryl methyl sites for hydroxylation is 1. The minimum absolute atomic E-state index is 0. The number of hydrogen-bond donors (Lipinski definition) is 1. The molecule has 55 heavy (non-hydrogen) atoms. The monoisotopic (exact) mass is 951 g/mol. The molecule has 0 bridgehead atoms. The Morgan fingerprint density at radius 3 is 2.09 bits per heavy atom. The molecule has 0 fully saturated rings. The number of aromatic nitrogens is 1. The van der Waals surface area contributed by atoms with Crippen LogP contribution in [0.3, 0.4) is 0 Å². The van der Waals surface area contributed by atoms with E-state index in [0.29, 0.717) is 5.92 Å². The van der Waals surface area contributed by atoms with Crippen molar-refractivity contribution < 1.29 is 30.0 Å². The minimum Gasteiger partial charge on any atom is -0.512 e. The van der Waals surface area contributed by atoms with Crippen molar-refractivity contribution in [3.05, 3.63) is 101 Å². The first kappa shape index (κ1) is 44.6. The molecule has 1 N–H and O–H groups in total. The summed E-state index contributed by atoms with van der Waals surface area (Å²) in [5, 5.41) is 15.2. The first-order valence-electron chi connectivity index (χ1n) is 19.8. The van der Waals surface area contributed by atoms with Crippen molar-refractivity contribution in [2.75, 3.05) is 0 Å². The van der Waals surface area contributed by atoms with Gasteiger partial charge in [0.2, 0.25) is 0 Å². The second kappa shape index (κ2) is 18.0. The van der Waals surface area contributed by atoms with Gasteiger partial charge >= 0.3 is 0 Å². The Morgan fingerprint density at radius 2 is 1.47 bits per heavy atom. The summed E-state index contributed by atoms with van der Waals surface area (Å²) in [6.07, 6.45) is 7.84. The van der Waals surface area contributed by atoms with E-state index >= 15 is 0 Å². The van der Waals surface area contributed by atoms with Crippen LogP contribution in [0.1, 0.15) is 118 Å². The number of pyridine rings is 1. The van der Waals surface area contributed by atoms with E-state index in [4.69, 9.17) is 4.98 Å². The molecule has 0 unspecified atom stereocenters. The zero-order valence-corrected chi connectivity index (χ0v) is 39.0. The Hall–Kier alpha value is -3.15.